The molecule has 0 saturated carbocycles. The third-order valence-corrected chi connectivity index (χ3v) is 4.91. The largest absolute Gasteiger partial charge is 0.477 e. The highest BCUT2D eigenvalue weighted by molar-refractivity contribution is 14.0. The maximum absolute atomic E-state index is 12.1. The summed E-state index contributed by atoms with van der Waals surface area (Å²) in [5, 5.41) is 6.65. The van der Waals surface area contributed by atoms with Gasteiger partial charge in [0.25, 0.3) is 0 Å². The highest BCUT2D eigenvalue weighted by Crippen LogP contribution is 2.16. The van der Waals surface area contributed by atoms with Crippen LogP contribution < -0.4 is 15.4 Å². The fraction of sp³-hybridized carbons (Fsp3) is 0.682. The smallest absolute Gasteiger partial charge is 0.222 e. The van der Waals surface area contributed by atoms with Crippen molar-refractivity contribution in [2.24, 2.45) is 4.99 Å². The zero-order valence-corrected chi connectivity index (χ0v) is 20.8. The third-order valence-electron chi connectivity index (χ3n) is 4.91. The predicted octanol–water partition coefficient (Wildman–Crippen LogP) is 3.73. The average molecular weight is 531 g/mol. The summed E-state index contributed by atoms with van der Waals surface area (Å²) in [4.78, 5) is 23.1. The van der Waals surface area contributed by atoms with E-state index in [-0.39, 0.29) is 24.0 Å². The van der Waals surface area contributed by atoms with Crippen molar-refractivity contribution < 1.29 is 9.53 Å². The van der Waals surface area contributed by atoms with Gasteiger partial charge in [0, 0.05) is 44.4 Å². The first kappa shape index (κ1) is 26.5. The molecule has 0 aliphatic carbocycles. The van der Waals surface area contributed by atoms with Crippen LogP contribution in [0.1, 0.15) is 64.4 Å². The maximum Gasteiger partial charge on any atom is 0.222 e. The van der Waals surface area contributed by atoms with Crippen LogP contribution in [0.4, 0.5) is 0 Å². The van der Waals surface area contributed by atoms with Crippen LogP contribution in [0.2, 0.25) is 0 Å². The number of carbonyl (C=O) groups excluding carboxylic acids is 1. The third kappa shape index (κ3) is 9.95. The van der Waals surface area contributed by atoms with Gasteiger partial charge in [-0.15, -0.1) is 24.0 Å². The standard InChI is InChI=1S/C22H37N5O2.HI/c1-3-5-17-29-21-19(11-9-13-24-21)18-26-22(23-4-2)25-14-10-16-27-15-8-6-7-12-20(27)28;/h9,11,13H,3-8,10,12,14-18H2,1-2H3,(H2,23,25,26);1H. The van der Waals surface area contributed by atoms with Crippen molar-refractivity contribution >= 4 is 35.8 Å². The predicted molar refractivity (Wildman–Crippen MR) is 133 cm³/mol. The Kier molecular flexibility index (Phi) is 14.2. The Bertz CT molecular complexity index is 642. The molecule has 0 aromatic carbocycles. The van der Waals surface area contributed by atoms with Crippen molar-refractivity contribution in [3.63, 3.8) is 0 Å². The second kappa shape index (κ2) is 16.2. The van der Waals surface area contributed by atoms with Gasteiger partial charge < -0.3 is 20.3 Å². The summed E-state index contributed by atoms with van der Waals surface area (Å²) < 4.78 is 5.80. The Morgan fingerprint density at radius 1 is 1.23 bits per heavy atom. The zero-order chi connectivity index (χ0) is 20.7. The van der Waals surface area contributed by atoms with Crippen molar-refractivity contribution in [1.29, 1.82) is 0 Å². The monoisotopic (exact) mass is 531 g/mol. The number of likely N-dealkylation sites (tertiary alicyclic amines) is 1. The lowest BCUT2D eigenvalue weighted by Gasteiger charge is -2.20. The Labute approximate surface area is 198 Å². The number of nitrogens with zero attached hydrogens (tertiary/aromatic N) is 3. The fourth-order valence-corrected chi connectivity index (χ4v) is 3.25. The number of carbonyl (C=O) groups is 1. The number of aliphatic imine (C=N–C) groups is 1. The van der Waals surface area contributed by atoms with Crippen LogP contribution in [0.3, 0.4) is 0 Å². The van der Waals surface area contributed by atoms with Gasteiger partial charge in [-0.25, -0.2) is 9.98 Å². The molecule has 1 aliphatic heterocycles. The van der Waals surface area contributed by atoms with Crippen molar-refractivity contribution in [2.75, 3.05) is 32.8 Å². The number of unbranched alkanes of at least 4 members (excludes halogenated alkanes) is 1. The van der Waals surface area contributed by atoms with Crippen LogP contribution in [0.15, 0.2) is 23.3 Å². The Balaban J connectivity index is 0.00000450. The molecule has 0 atom stereocenters. The van der Waals surface area contributed by atoms with E-state index in [0.717, 1.165) is 76.2 Å². The first-order chi connectivity index (χ1) is 14.2. The first-order valence-electron chi connectivity index (χ1n) is 11.1. The molecule has 1 aliphatic rings. The number of guanidine groups is 1. The molecule has 2 rings (SSSR count). The molecule has 0 radical (unpaired) electrons. The molecule has 30 heavy (non-hydrogen) atoms. The van der Waals surface area contributed by atoms with Crippen LogP contribution in [-0.2, 0) is 11.3 Å². The number of aromatic nitrogens is 1. The summed E-state index contributed by atoms with van der Waals surface area (Å²) in [6.07, 6.45) is 8.79. The van der Waals surface area contributed by atoms with Crippen molar-refractivity contribution in [2.45, 2.75) is 65.3 Å². The van der Waals surface area contributed by atoms with E-state index >= 15 is 0 Å². The van der Waals surface area contributed by atoms with Crippen LogP contribution in [0.5, 0.6) is 5.88 Å². The number of pyridine rings is 1. The van der Waals surface area contributed by atoms with Gasteiger partial charge in [-0.3, -0.25) is 4.79 Å². The van der Waals surface area contributed by atoms with Crippen LogP contribution in [-0.4, -0.2) is 54.5 Å². The number of ether oxygens (including phenoxy) is 1. The lowest BCUT2D eigenvalue weighted by Crippen LogP contribution is -2.39. The van der Waals surface area contributed by atoms with Gasteiger partial charge in [-0.1, -0.05) is 25.8 Å². The van der Waals surface area contributed by atoms with E-state index in [0.29, 0.717) is 31.4 Å². The van der Waals surface area contributed by atoms with E-state index in [2.05, 4.69) is 34.5 Å². The van der Waals surface area contributed by atoms with Gasteiger partial charge in [-0.2, -0.15) is 0 Å². The van der Waals surface area contributed by atoms with E-state index in [9.17, 15) is 4.79 Å². The molecular formula is C22H38IN5O2. The molecule has 0 unspecified atom stereocenters. The highest BCUT2D eigenvalue weighted by Gasteiger charge is 2.15. The molecular weight excluding hydrogens is 493 g/mol. The minimum atomic E-state index is 0. The molecule has 2 N–H and O–H groups in total. The summed E-state index contributed by atoms with van der Waals surface area (Å²) in [5.41, 5.74) is 0.982. The average Bonchev–Trinajstić information content (AvgIpc) is 2.94. The molecule has 2 heterocycles. The first-order valence-corrected chi connectivity index (χ1v) is 11.1. The lowest BCUT2D eigenvalue weighted by atomic mass is 10.2. The van der Waals surface area contributed by atoms with Gasteiger partial charge in [-0.05, 0) is 38.7 Å². The van der Waals surface area contributed by atoms with E-state index in [4.69, 9.17) is 4.74 Å². The number of amides is 1. The normalized spacial score (nSPS) is 14.7. The quantitative estimate of drug-likeness (QED) is 0.197. The molecule has 1 aromatic rings. The van der Waals surface area contributed by atoms with Gasteiger partial charge in [0.15, 0.2) is 5.96 Å². The lowest BCUT2D eigenvalue weighted by molar-refractivity contribution is -0.130. The summed E-state index contributed by atoms with van der Waals surface area (Å²) in [6.45, 7) is 8.66. The highest BCUT2D eigenvalue weighted by atomic mass is 127. The summed E-state index contributed by atoms with van der Waals surface area (Å²) in [6, 6.07) is 3.92. The van der Waals surface area contributed by atoms with Gasteiger partial charge in [0.1, 0.15) is 0 Å². The molecule has 1 fully saturated rings. The van der Waals surface area contributed by atoms with E-state index < -0.39 is 0 Å². The Morgan fingerprint density at radius 2 is 2.10 bits per heavy atom. The van der Waals surface area contributed by atoms with Gasteiger partial charge in [0.05, 0.1) is 13.2 Å². The van der Waals surface area contributed by atoms with Crippen molar-refractivity contribution in [1.82, 2.24) is 20.5 Å². The summed E-state index contributed by atoms with van der Waals surface area (Å²) in [7, 11) is 0. The van der Waals surface area contributed by atoms with Crippen molar-refractivity contribution in [3.05, 3.63) is 23.9 Å². The van der Waals surface area contributed by atoms with E-state index in [1.54, 1.807) is 6.20 Å². The van der Waals surface area contributed by atoms with E-state index in [1.807, 2.05) is 17.0 Å². The van der Waals surface area contributed by atoms with Gasteiger partial charge >= 0.3 is 0 Å². The molecule has 7 nitrogen and oxygen atoms in total. The number of hydrogen-bond acceptors (Lipinski definition) is 4. The topological polar surface area (TPSA) is 78.9 Å². The molecule has 1 saturated heterocycles. The molecule has 1 aromatic heterocycles. The van der Waals surface area contributed by atoms with Crippen LogP contribution in [0.25, 0.3) is 0 Å². The molecule has 0 bridgehead atoms. The van der Waals surface area contributed by atoms with Crippen molar-refractivity contribution in [3.8, 4) is 5.88 Å². The number of rotatable bonds is 11. The van der Waals surface area contributed by atoms with Crippen LogP contribution in [0, 0.1) is 0 Å². The summed E-state index contributed by atoms with van der Waals surface area (Å²) >= 11 is 0. The SMILES string of the molecule is CCCCOc1ncccc1CN=C(NCC)NCCCN1CCCCCC1=O.I. The molecule has 170 valence electrons. The second-order valence-corrected chi connectivity index (χ2v) is 7.34. The Morgan fingerprint density at radius 3 is 2.90 bits per heavy atom. The zero-order valence-electron chi connectivity index (χ0n) is 18.5. The van der Waals surface area contributed by atoms with Crippen LogP contribution >= 0.6 is 24.0 Å². The number of halogens is 1. The molecule has 1 amide bonds. The van der Waals surface area contributed by atoms with E-state index in [1.165, 1.54) is 0 Å². The molecule has 0 spiro atoms. The minimum absolute atomic E-state index is 0. The summed E-state index contributed by atoms with van der Waals surface area (Å²) in [5.74, 6) is 1.74. The van der Waals surface area contributed by atoms with Gasteiger partial charge in [0.2, 0.25) is 11.8 Å². The number of hydrogen-bond donors (Lipinski definition) is 2. The molecule has 8 heteroatoms. The fourth-order valence-electron chi connectivity index (χ4n) is 3.25. The minimum Gasteiger partial charge on any atom is -0.477 e. The Hall–Kier alpha value is -1.58. The number of nitrogens with one attached hydrogen (secondary N) is 2. The second-order valence-electron chi connectivity index (χ2n) is 7.34. The maximum atomic E-state index is 12.1.